The molecule has 1 aliphatic carbocycles. The second-order valence-corrected chi connectivity index (χ2v) is 3.96. The summed E-state index contributed by atoms with van der Waals surface area (Å²) in [5, 5.41) is 0. The second-order valence-electron chi connectivity index (χ2n) is 3.96. The Morgan fingerprint density at radius 2 is 1.45 bits per heavy atom. The molecule has 0 N–H and O–H groups in total. The fraction of sp³-hybridized carbons (Fsp3) is 0.909. The molecule has 1 saturated carbocycles. The van der Waals surface area contributed by atoms with Crippen molar-refractivity contribution in [1.29, 1.82) is 0 Å². The molecule has 0 aromatic heterocycles. The number of hydrogen-bond donors (Lipinski definition) is 0. The molecule has 0 saturated heterocycles. The van der Waals surface area contributed by atoms with E-state index in [-0.39, 0.29) is 0 Å². The lowest BCUT2D eigenvalue weighted by Gasteiger charge is -2.22. The molecule has 0 heterocycles. The lowest BCUT2D eigenvalue weighted by atomic mass is 9.84. The van der Waals surface area contributed by atoms with Gasteiger partial charge < -0.3 is 0 Å². The van der Waals surface area contributed by atoms with Crippen LogP contribution in [0.2, 0.25) is 0 Å². The molecule has 1 fully saturated rings. The first-order valence-corrected chi connectivity index (χ1v) is 5.06. The van der Waals surface area contributed by atoms with Gasteiger partial charge in [0.2, 0.25) is 0 Å². The largest absolute Gasteiger partial charge is 0.0620 e. The van der Waals surface area contributed by atoms with Crippen LogP contribution in [0.3, 0.4) is 0 Å². The Hall–Kier alpha value is 0. The highest BCUT2D eigenvalue weighted by Crippen LogP contribution is 2.27. The van der Waals surface area contributed by atoms with Gasteiger partial charge >= 0.3 is 0 Å². The molecule has 0 aliphatic heterocycles. The van der Waals surface area contributed by atoms with Crippen LogP contribution in [0.25, 0.3) is 0 Å². The summed E-state index contributed by atoms with van der Waals surface area (Å²) in [5.41, 5.74) is 0. The Kier molecular flexibility index (Phi) is 3.96. The van der Waals surface area contributed by atoms with Crippen molar-refractivity contribution in [1.82, 2.24) is 0 Å². The second kappa shape index (κ2) is 4.79. The molecule has 0 bridgehead atoms. The average Bonchev–Trinajstić information content (AvgIpc) is 1.84. The molecule has 1 rings (SSSR count). The molecular formula is C11H20. The monoisotopic (exact) mass is 152 g/mol. The lowest BCUT2D eigenvalue weighted by Crippen LogP contribution is -2.10. The zero-order valence-corrected chi connectivity index (χ0v) is 7.68. The standard InChI is InChI=1S/C11H20/c1-10(2)11-8-6-4-3-5-7-9-11/h1,10-11H,3-9H2,2H3. The van der Waals surface area contributed by atoms with Crippen LogP contribution in [0.1, 0.15) is 51.9 Å². The summed E-state index contributed by atoms with van der Waals surface area (Å²) in [5.74, 6) is 1.24. The van der Waals surface area contributed by atoms with Gasteiger partial charge in [-0.3, -0.25) is 0 Å². The van der Waals surface area contributed by atoms with Crippen LogP contribution in [-0.4, -0.2) is 0 Å². The summed E-state index contributed by atoms with van der Waals surface area (Å²) in [6, 6.07) is 0. The first kappa shape index (κ1) is 9.09. The van der Waals surface area contributed by atoms with E-state index in [1.807, 2.05) is 0 Å². The van der Waals surface area contributed by atoms with Gasteiger partial charge in [0.1, 0.15) is 0 Å². The van der Waals surface area contributed by atoms with Crippen molar-refractivity contribution < 1.29 is 0 Å². The molecule has 2 radical (unpaired) electrons. The maximum absolute atomic E-state index is 5.89. The fourth-order valence-electron chi connectivity index (χ4n) is 2.01. The highest BCUT2D eigenvalue weighted by molar-refractivity contribution is 4.70. The van der Waals surface area contributed by atoms with Crippen LogP contribution in [0.5, 0.6) is 0 Å². The van der Waals surface area contributed by atoms with E-state index in [4.69, 9.17) is 6.92 Å². The van der Waals surface area contributed by atoms with Crippen LogP contribution in [0.15, 0.2) is 0 Å². The van der Waals surface area contributed by atoms with Crippen LogP contribution < -0.4 is 0 Å². The van der Waals surface area contributed by atoms with Gasteiger partial charge in [-0.05, 0) is 18.8 Å². The van der Waals surface area contributed by atoms with E-state index in [0.717, 1.165) is 5.92 Å². The minimum absolute atomic E-state index is 0.424. The predicted molar refractivity (Wildman–Crippen MR) is 49.3 cm³/mol. The third-order valence-electron chi connectivity index (χ3n) is 2.89. The molecule has 0 amide bonds. The molecule has 11 heavy (non-hydrogen) atoms. The Bertz CT molecular complexity index is 86.2. The number of rotatable bonds is 1. The van der Waals surface area contributed by atoms with E-state index < -0.39 is 0 Å². The van der Waals surface area contributed by atoms with Gasteiger partial charge in [-0.2, -0.15) is 0 Å². The fourth-order valence-corrected chi connectivity index (χ4v) is 2.01. The predicted octanol–water partition coefficient (Wildman–Crippen LogP) is 3.69. The zero-order valence-electron chi connectivity index (χ0n) is 7.68. The van der Waals surface area contributed by atoms with Gasteiger partial charge in [0, 0.05) is 0 Å². The molecule has 0 heteroatoms. The molecule has 0 aromatic carbocycles. The summed E-state index contributed by atoms with van der Waals surface area (Å²) >= 11 is 0. The molecule has 64 valence electrons. The minimum Gasteiger partial charge on any atom is -0.0620 e. The first-order chi connectivity index (χ1) is 5.30. The lowest BCUT2D eigenvalue weighted by molar-refractivity contribution is 0.317. The van der Waals surface area contributed by atoms with Gasteiger partial charge in [-0.25, -0.2) is 0 Å². The van der Waals surface area contributed by atoms with E-state index in [1.54, 1.807) is 0 Å². The minimum atomic E-state index is 0.424. The quantitative estimate of drug-likeness (QED) is 0.537. The van der Waals surface area contributed by atoms with Gasteiger partial charge in [0.05, 0.1) is 0 Å². The summed E-state index contributed by atoms with van der Waals surface area (Å²) in [6.07, 6.45) is 9.88. The van der Waals surface area contributed by atoms with E-state index in [1.165, 1.54) is 44.9 Å². The van der Waals surface area contributed by atoms with Crippen molar-refractivity contribution in [3.63, 3.8) is 0 Å². The Labute approximate surface area is 71.4 Å². The van der Waals surface area contributed by atoms with E-state index >= 15 is 0 Å². The summed E-state index contributed by atoms with van der Waals surface area (Å²) in [4.78, 5) is 0. The van der Waals surface area contributed by atoms with Crippen LogP contribution in [0, 0.1) is 18.8 Å². The summed E-state index contributed by atoms with van der Waals surface area (Å²) in [6.45, 7) is 8.05. The Balaban J connectivity index is 2.26. The van der Waals surface area contributed by atoms with E-state index in [2.05, 4.69) is 6.92 Å². The summed E-state index contributed by atoms with van der Waals surface area (Å²) in [7, 11) is 0. The van der Waals surface area contributed by atoms with Crippen molar-refractivity contribution in [3.05, 3.63) is 6.92 Å². The SMILES string of the molecule is [CH]C(C)C1CCCCCCC1. The third kappa shape index (κ3) is 3.27. The van der Waals surface area contributed by atoms with Crippen molar-refractivity contribution in [2.75, 3.05) is 0 Å². The Morgan fingerprint density at radius 3 is 1.91 bits per heavy atom. The van der Waals surface area contributed by atoms with Crippen molar-refractivity contribution >= 4 is 0 Å². The molecular weight excluding hydrogens is 132 g/mol. The van der Waals surface area contributed by atoms with E-state index in [9.17, 15) is 0 Å². The van der Waals surface area contributed by atoms with Gasteiger partial charge in [0.15, 0.2) is 0 Å². The van der Waals surface area contributed by atoms with Crippen LogP contribution in [0.4, 0.5) is 0 Å². The van der Waals surface area contributed by atoms with Gasteiger partial charge in [0.25, 0.3) is 0 Å². The topological polar surface area (TPSA) is 0 Å². The highest BCUT2D eigenvalue weighted by atomic mass is 14.2. The van der Waals surface area contributed by atoms with Crippen molar-refractivity contribution in [3.8, 4) is 0 Å². The molecule has 1 atom stereocenters. The normalized spacial score (nSPS) is 23.2. The molecule has 0 aromatic rings. The van der Waals surface area contributed by atoms with Crippen LogP contribution >= 0.6 is 0 Å². The molecule has 0 spiro atoms. The smallest absolute Gasteiger partial charge is 0.0318 e. The van der Waals surface area contributed by atoms with Gasteiger partial charge in [-0.1, -0.05) is 51.9 Å². The summed E-state index contributed by atoms with van der Waals surface area (Å²) < 4.78 is 0. The molecule has 1 aliphatic rings. The maximum atomic E-state index is 5.89. The first-order valence-electron chi connectivity index (χ1n) is 5.06. The van der Waals surface area contributed by atoms with Crippen LogP contribution in [-0.2, 0) is 0 Å². The zero-order chi connectivity index (χ0) is 8.10. The van der Waals surface area contributed by atoms with Crippen molar-refractivity contribution in [2.45, 2.75) is 51.9 Å². The molecule has 0 nitrogen and oxygen atoms in total. The number of hydrogen-bond acceptors (Lipinski definition) is 0. The Morgan fingerprint density at radius 1 is 1.00 bits per heavy atom. The average molecular weight is 152 g/mol. The molecule has 1 unspecified atom stereocenters. The van der Waals surface area contributed by atoms with E-state index in [0.29, 0.717) is 5.92 Å². The van der Waals surface area contributed by atoms with Crippen molar-refractivity contribution in [2.24, 2.45) is 11.8 Å². The maximum Gasteiger partial charge on any atom is -0.0318 e. The highest BCUT2D eigenvalue weighted by Gasteiger charge is 2.14. The van der Waals surface area contributed by atoms with Gasteiger partial charge in [-0.15, -0.1) is 0 Å². The third-order valence-corrected chi connectivity index (χ3v) is 2.89.